The smallest absolute Gasteiger partial charge is 0.340 e. The van der Waals surface area contributed by atoms with E-state index >= 15 is 0 Å². The van der Waals surface area contributed by atoms with Gasteiger partial charge in [-0.1, -0.05) is 49.4 Å². The average Bonchev–Trinajstić information content (AvgIpc) is 3.20. The third-order valence-electron chi connectivity index (χ3n) is 7.15. The van der Waals surface area contributed by atoms with E-state index in [1.165, 1.54) is 0 Å². The van der Waals surface area contributed by atoms with Gasteiger partial charge < -0.3 is 18.8 Å². The van der Waals surface area contributed by atoms with Crippen molar-refractivity contribution < 1.29 is 19.0 Å². The van der Waals surface area contributed by atoms with E-state index in [0.717, 1.165) is 57.3 Å². The molecule has 0 spiro atoms. The molecule has 180 valence electrons. The van der Waals surface area contributed by atoms with Crippen LogP contribution in [0.5, 0.6) is 11.5 Å². The minimum Gasteiger partial charge on any atom is -0.493 e. The van der Waals surface area contributed by atoms with Crippen molar-refractivity contribution in [3.05, 3.63) is 71.4 Å². The number of rotatable bonds is 6. The molecule has 1 aliphatic rings. The first-order valence-electron chi connectivity index (χ1n) is 12.2. The lowest BCUT2D eigenvalue weighted by atomic mass is 9.89. The SMILES string of the molecule is CCOC(=O)c1c(-c2cccc3ccccc23)c(C)n2c1-c1cc(OC)c(OC)cc1C[C@@H]2CC. The Morgan fingerprint density at radius 1 is 0.971 bits per heavy atom. The molecule has 0 fully saturated rings. The molecular formula is C30H31NO4. The standard InChI is InChI=1S/C30H31NO4/c1-6-21-15-20-16-25(33-4)26(34-5)17-24(20)29-28(30(32)35-7-2)27(18(3)31(21)29)23-14-10-12-19-11-8-9-13-22(19)23/h8-14,16-17,21H,6-7,15H2,1-5H3/t21-/m0/s1. The molecule has 0 aliphatic carbocycles. The van der Waals surface area contributed by atoms with Crippen molar-refractivity contribution >= 4 is 16.7 Å². The minimum atomic E-state index is -0.301. The normalized spacial score (nSPS) is 14.4. The highest BCUT2D eigenvalue weighted by Gasteiger charge is 2.35. The number of benzene rings is 3. The number of methoxy groups -OCH3 is 2. The van der Waals surface area contributed by atoms with Gasteiger partial charge in [0.05, 0.1) is 32.1 Å². The van der Waals surface area contributed by atoms with Gasteiger partial charge in [-0.15, -0.1) is 0 Å². The van der Waals surface area contributed by atoms with Gasteiger partial charge in [-0.3, -0.25) is 0 Å². The van der Waals surface area contributed by atoms with Gasteiger partial charge in [0.25, 0.3) is 0 Å². The van der Waals surface area contributed by atoms with Crippen LogP contribution in [0.4, 0.5) is 0 Å². The number of fused-ring (bicyclic) bond motifs is 4. The van der Waals surface area contributed by atoms with Crippen molar-refractivity contribution in [2.45, 2.75) is 39.7 Å². The van der Waals surface area contributed by atoms with Crippen LogP contribution in [0.1, 0.15) is 47.9 Å². The maximum absolute atomic E-state index is 13.7. The Bertz CT molecular complexity index is 1430. The molecule has 0 unspecified atom stereocenters. The molecule has 0 bridgehead atoms. The highest BCUT2D eigenvalue weighted by Crippen LogP contribution is 2.49. The topological polar surface area (TPSA) is 49.7 Å². The number of hydrogen-bond acceptors (Lipinski definition) is 4. The van der Waals surface area contributed by atoms with Gasteiger partial charge in [0.15, 0.2) is 11.5 Å². The quantitative estimate of drug-likeness (QED) is 0.286. The Morgan fingerprint density at radius 2 is 1.69 bits per heavy atom. The second-order valence-electron chi connectivity index (χ2n) is 8.93. The molecule has 2 heterocycles. The Hall–Kier alpha value is -3.73. The molecule has 1 aromatic heterocycles. The fourth-order valence-corrected chi connectivity index (χ4v) is 5.59. The predicted octanol–water partition coefficient (Wildman–Crippen LogP) is 6.98. The molecule has 0 radical (unpaired) electrons. The molecule has 5 heteroatoms. The van der Waals surface area contributed by atoms with E-state index in [0.29, 0.717) is 23.7 Å². The molecule has 1 aliphatic heterocycles. The summed E-state index contributed by atoms with van der Waals surface area (Å²) in [6, 6.07) is 18.8. The second kappa shape index (κ2) is 9.14. The number of aromatic nitrogens is 1. The second-order valence-corrected chi connectivity index (χ2v) is 8.93. The summed E-state index contributed by atoms with van der Waals surface area (Å²) in [5.74, 6) is 1.04. The van der Waals surface area contributed by atoms with Gasteiger partial charge >= 0.3 is 5.97 Å². The van der Waals surface area contributed by atoms with Crippen LogP contribution < -0.4 is 9.47 Å². The summed E-state index contributed by atoms with van der Waals surface area (Å²) in [7, 11) is 3.29. The maximum Gasteiger partial charge on any atom is 0.340 e. The number of carbonyl (C=O) groups is 1. The molecule has 4 aromatic rings. The van der Waals surface area contributed by atoms with E-state index in [4.69, 9.17) is 14.2 Å². The summed E-state index contributed by atoms with van der Waals surface area (Å²) < 4.78 is 19.2. The lowest BCUT2D eigenvalue weighted by Crippen LogP contribution is -2.20. The highest BCUT2D eigenvalue weighted by molar-refractivity contribution is 6.09. The van der Waals surface area contributed by atoms with Crippen LogP contribution >= 0.6 is 0 Å². The molecular weight excluding hydrogens is 438 g/mol. The molecule has 0 saturated carbocycles. The van der Waals surface area contributed by atoms with Crippen molar-refractivity contribution in [2.75, 3.05) is 20.8 Å². The fourth-order valence-electron chi connectivity index (χ4n) is 5.59. The monoisotopic (exact) mass is 469 g/mol. The summed E-state index contributed by atoms with van der Waals surface area (Å²) in [4.78, 5) is 13.7. The van der Waals surface area contributed by atoms with Gasteiger partial charge in [0, 0.05) is 22.9 Å². The first kappa shape index (κ1) is 23.0. The zero-order chi connectivity index (χ0) is 24.7. The van der Waals surface area contributed by atoms with Crippen LogP contribution in [0.3, 0.4) is 0 Å². The van der Waals surface area contributed by atoms with Crippen LogP contribution in [0.15, 0.2) is 54.6 Å². The van der Waals surface area contributed by atoms with E-state index in [1.807, 2.05) is 25.1 Å². The number of carbonyl (C=O) groups excluding carboxylic acids is 1. The van der Waals surface area contributed by atoms with Crippen LogP contribution in [-0.4, -0.2) is 31.4 Å². The van der Waals surface area contributed by atoms with E-state index in [1.54, 1.807) is 14.2 Å². The number of nitrogens with zero attached hydrogens (tertiary/aromatic N) is 1. The van der Waals surface area contributed by atoms with Gasteiger partial charge in [0.1, 0.15) is 0 Å². The van der Waals surface area contributed by atoms with Crippen LogP contribution in [0, 0.1) is 6.92 Å². The largest absolute Gasteiger partial charge is 0.493 e. The third-order valence-corrected chi connectivity index (χ3v) is 7.15. The Morgan fingerprint density at radius 3 is 2.40 bits per heavy atom. The lowest BCUT2D eigenvalue weighted by Gasteiger charge is -2.30. The molecule has 0 amide bonds. The highest BCUT2D eigenvalue weighted by atomic mass is 16.5. The molecule has 5 nitrogen and oxygen atoms in total. The molecule has 1 atom stereocenters. The molecule has 35 heavy (non-hydrogen) atoms. The van der Waals surface area contributed by atoms with Crippen molar-refractivity contribution in [1.29, 1.82) is 0 Å². The molecule has 0 saturated heterocycles. The Balaban J connectivity index is 1.91. The summed E-state index contributed by atoms with van der Waals surface area (Å²) in [6.07, 6.45) is 1.79. The molecule has 0 N–H and O–H groups in total. The summed E-state index contributed by atoms with van der Waals surface area (Å²) in [5.41, 5.74) is 6.72. The van der Waals surface area contributed by atoms with Crippen molar-refractivity contribution in [3.63, 3.8) is 0 Å². The predicted molar refractivity (Wildman–Crippen MR) is 140 cm³/mol. The summed E-state index contributed by atoms with van der Waals surface area (Å²) >= 11 is 0. The summed E-state index contributed by atoms with van der Waals surface area (Å²) in [5, 5.41) is 2.26. The van der Waals surface area contributed by atoms with Crippen molar-refractivity contribution in [3.8, 4) is 33.9 Å². The zero-order valence-electron chi connectivity index (χ0n) is 21.0. The van der Waals surface area contributed by atoms with Crippen LogP contribution in [-0.2, 0) is 11.2 Å². The number of esters is 1. The van der Waals surface area contributed by atoms with E-state index in [9.17, 15) is 4.79 Å². The lowest BCUT2D eigenvalue weighted by molar-refractivity contribution is 0.0528. The Labute approximate surface area is 206 Å². The minimum absolute atomic E-state index is 0.215. The first-order valence-corrected chi connectivity index (χ1v) is 12.2. The third kappa shape index (κ3) is 3.57. The van der Waals surface area contributed by atoms with Crippen molar-refractivity contribution in [1.82, 2.24) is 4.57 Å². The number of ether oxygens (including phenoxy) is 3. The summed E-state index contributed by atoms with van der Waals surface area (Å²) in [6.45, 7) is 6.48. The van der Waals surface area contributed by atoms with Gasteiger partial charge in [0.2, 0.25) is 0 Å². The number of hydrogen-bond donors (Lipinski definition) is 0. The van der Waals surface area contributed by atoms with Gasteiger partial charge in [-0.25, -0.2) is 4.79 Å². The van der Waals surface area contributed by atoms with E-state index in [-0.39, 0.29) is 12.0 Å². The van der Waals surface area contributed by atoms with Crippen LogP contribution in [0.2, 0.25) is 0 Å². The molecule has 5 rings (SSSR count). The average molecular weight is 470 g/mol. The van der Waals surface area contributed by atoms with Crippen molar-refractivity contribution in [2.24, 2.45) is 0 Å². The zero-order valence-corrected chi connectivity index (χ0v) is 21.0. The first-order chi connectivity index (χ1) is 17.0. The fraction of sp³-hybridized carbons (Fsp3) is 0.300. The van der Waals surface area contributed by atoms with E-state index in [2.05, 4.69) is 54.8 Å². The van der Waals surface area contributed by atoms with Gasteiger partial charge in [-0.2, -0.15) is 0 Å². The maximum atomic E-state index is 13.7. The van der Waals surface area contributed by atoms with Crippen LogP contribution in [0.25, 0.3) is 33.2 Å². The Kier molecular flexibility index (Phi) is 6.01. The molecule has 3 aromatic carbocycles. The van der Waals surface area contributed by atoms with Gasteiger partial charge in [-0.05, 0) is 60.7 Å². The van der Waals surface area contributed by atoms with E-state index < -0.39 is 0 Å².